The maximum absolute atomic E-state index is 13.5. The minimum absolute atomic E-state index is 0.0345. The predicted octanol–water partition coefficient (Wildman–Crippen LogP) is 0.766. The summed E-state index contributed by atoms with van der Waals surface area (Å²) in [6, 6.07) is 1.11. The minimum atomic E-state index is -1.37. The molecule has 0 saturated carbocycles. The molecule has 1 fully saturated rings. The first kappa shape index (κ1) is 18.5. The molecular weight excluding hydrogens is 274 g/mol. The number of nitrogens with zero attached hydrogens (tertiary/aromatic N) is 1. The quantitative estimate of drug-likeness (QED) is 0.843. The molecule has 0 bridgehead atoms. The van der Waals surface area contributed by atoms with Gasteiger partial charge in [0.1, 0.15) is 6.17 Å². The molecule has 6 nitrogen and oxygen atoms in total. The van der Waals surface area contributed by atoms with Crippen molar-refractivity contribution in [2.75, 3.05) is 13.8 Å². The van der Waals surface area contributed by atoms with Crippen LogP contribution < -0.4 is 11.2 Å². The van der Waals surface area contributed by atoms with E-state index in [9.17, 15) is 18.4 Å². The number of ether oxygens (including phenoxy) is 1. The number of rotatable bonds is 2. The van der Waals surface area contributed by atoms with Gasteiger partial charge in [-0.3, -0.25) is 18.7 Å². The summed E-state index contributed by atoms with van der Waals surface area (Å²) < 4.78 is 29.1. The highest BCUT2D eigenvalue weighted by atomic mass is 19.1. The van der Waals surface area contributed by atoms with E-state index < -0.39 is 29.8 Å². The molecule has 1 aliphatic heterocycles. The molecule has 0 spiro atoms. The third-order valence-corrected chi connectivity index (χ3v) is 2.46. The topological polar surface area (TPSA) is 84.3 Å². The van der Waals surface area contributed by atoms with E-state index in [1.54, 1.807) is 0 Å². The Balaban J connectivity index is 0.000000829. The van der Waals surface area contributed by atoms with Crippen LogP contribution in [0.25, 0.3) is 0 Å². The van der Waals surface area contributed by atoms with Crippen LogP contribution in [0.15, 0.2) is 21.9 Å². The maximum Gasteiger partial charge on any atom is 0.330 e. The normalized spacial score (nSPS) is 24.2. The Bertz CT molecular complexity index is 489. The average Bonchev–Trinajstić information content (AvgIpc) is 2.84. The van der Waals surface area contributed by atoms with Crippen LogP contribution in [0.2, 0.25) is 0 Å². The van der Waals surface area contributed by atoms with Crippen LogP contribution >= 0.6 is 0 Å². The second-order valence-corrected chi connectivity index (χ2v) is 3.60. The molecule has 8 heteroatoms. The zero-order valence-electron chi connectivity index (χ0n) is 11.7. The highest BCUT2D eigenvalue weighted by Gasteiger charge is 2.36. The number of aromatic nitrogens is 2. The Morgan fingerprint density at radius 3 is 2.50 bits per heavy atom. The van der Waals surface area contributed by atoms with E-state index in [0.717, 1.165) is 10.6 Å². The smallest absolute Gasteiger partial charge is 0.330 e. The molecule has 3 atom stereocenters. The van der Waals surface area contributed by atoms with E-state index in [4.69, 9.17) is 9.84 Å². The van der Waals surface area contributed by atoms with E-state index in [0.29, 0.717) is 7.18 Å². The van der Waals surface area contributed by atoms with Crippen LogP contribution in [0.4, 0.5) is 8.78 Å². The number of hydrogen-bond acceptors (Lipinski definition) is 4. The van der Waals surface area contributed by atoms with Crippen molar-refractivity contribution in [3.63, 3.8) is 0 Å². The van der Waals surface area contributed by atoms with Gasteiger partial charge in [-0.2, -0.15) is 0 Å². The van der Waals surface area contributed by atoms with Gasteiger partial charge < -0.3 is 9.84 Å². The molecule has 1 aromatic rings. The second-order valence-electron chi connectivity index (χ2n) is 3.60. The number of aromatic amines is 1. The first-order valence-corrected chi connectivity index (χ1v) is 6.21. The lowest BCUT2D eigenvalue weighted by Crippen LogP contribution is -2.34. The number of hydrogen-bond donors (Lipinski definition) is 2. The van der Waals surface area contributed by atoms with Gasteiger partial charge in [-0.05, 0) is 0 Å². The fourth-order valence-corrected chi connectivity index (χ4v) is 1.69. The van der Waals surface area contributed by atoms with Gasteiger partial charge in [0, 0.05) is 18.7 Å². The average molecular weight is 294 g/mol. The summed E-state index contributed by atoms with van der Waals surface area (Å²) in [4.78, 5) is 24.2. The fraction of sp³-hybridized carbons (Fsp3) is 0.667. The van der Waals surface area contributed by atoms with Gasteiger partial charge >= 0.3 is 5.69 Å². The fourth-order valence-electron chi connectivity index (χ4n) is 1.69. The van der Waals surface area contributed by atoms with Crippen LogP contribution in [0.1, 0.15) is 26.5 Å². The molecule has 3 unspecified atom stereocenters. The van der Waals surface area contributed by atoms with E-state index in [1.807, 2.05) is 18.8 Å². The molecule has 0 aliphatic carbocycles. The van der Waals surface area contributed by atoms with Crippen LogP contribution in [0.5, 0.6) is 0 Å². The zero-order valence-corrected chi connectivity index (χ0v) is 11.7. The molecule has 20 heavy (non-hydrogen) atoms. The van der Waals surface area contributed by atoms with Crippen LogP contribution in [0.3, 0.4) is 0 Å². The summed E-state index contributed by atoms with van der Waals surface area (Å²) in [5, 5.41) is 8.83. The van der Waals surface area contributed by atoms with Crippen molar-refractivity contribution >= 4 is 0 Å². The SMILES string of the molecule is CC.CF.O=c1ccn(C2OC(CO)CC2F)c(=O)[nH]1. The molecule has 0 radical (unpaired) electrons. The molecule has 1 aliphatic rings. The van der Waals surface area contributed by atoms with Crippen molar-refractivity contribution in [1.82, 2.24) is 9.55 Å². The first-order chi connectivity index (χ1) is 9.61. The number of aliphatic hydroxyl groups is 1. The summed E-state index contributed by atoms with van der Waals surface area (Å²) in [6.07, 6.45) is -1.86. The third-order valence-electron chi connectivity index (χ3n) is 2.46. The molecule has 1 saturated heterocycles. The van der Waals surface area contributed by atoms with Crippen molar-refractivity contribution in [3.8, 4) is 0 Å². The predicted molar refractivity (Wildman–Crippen MR) is 70.2 cm³/mol. The van der Waals surface area contributed by atoms with E-state index in [-0.39, 0.29) is 13.0 Å². The number of aliphatic hydroxyl groups excluding tert-OH is 1. The zero-order chi connectivity index (χ0) is 15.7. The summed E-state index contributed by atoms with van der Waals surface area (Å²) in [5.41, 5.74) is -1.27. The van der Waals surface area contributed by atoms with E-state index in [2.05, 4.69) is 0 Å². The Labute approximate surface area is 115 Å². The van der Waals surface area contributed by atoms with Crippen LogP contribution in [-0.2, 0) is 4.74 Å². The maximum atomic E-state index is 13.5. The van der Waals surface area contributed by atoms with Crippen molar-refractivity contribution in [2.45, 2.75) is 38.8 Å². The molecule has 0 amide bonds. The Morgan fingerprint density at radius 1 is 1.45 bits per heavy atom. The number of halogens is 2. The monoisotopic (exact) mass is 294 g/mol. The Morgan fingerprint density at radius 2 is 2.05 bits per heavy atom. The Kier molecular flexibility index (Phi) is 8.66. The largest absolute Gasteiger partial charge is 0.394 e. The highest BCUT2D eigenvalue weighted by Crippen LogP contribution is 2.29. The lowest BCUT2D eigenvalue weighted by Gasteiger charge is -2.15. The lowest BCUT2D eigenvalue weighted by atomic mass is 10.2. The van der Waals surface area contributed by atoms with Gasteiger partial charge in [-0.15, -0.1) is 0 Å². The van der Waals surface area contributed by atoms with Crippen molar-refractivity contribution in [2.24, 2.45) is 0 Å². The lowest BCUT2D eigenvalue weighted by molar-refractivity contribution is -0.0394. The molecule has 2 rings (SSSR count). The van der Waals surface area contributed by atoms with Crippen molar-refractivity contribution in [3.05, 3.63) is 33.1 Å². The molecular formula is C12H20F2N2O4. The van der Waals surface area contributed by atoms with Gasteiger partial charge in [-0.1, -0.05) is 13.8 Å². The highest BCUT2D eigenvalue weighted by molar-refractivity contribution is 4.88. The molecule has 2 N–H and O–H groups in total. The van der Waals surface area contributed by atoms with Crippen molar-refractivity contribution in [1.29, 1.82) is 0 Å². The minimum Gasteiger partial charge on any atom is -0.394 e. The molecule has 116 valence electrons. The molecule has 0 aromatic carbocycles. The number of nitrogens with one attached hydrogen (secondary N) is 1. The van der Waals surface area contributed by atoms with E-state index in [1.165, 1.54) is 6.20 Å². The third kappa shape index (κ3) is 4.53. The summed E-state index contributed by atoms with van der Waals surface area (Å²) in [6.45, 7) is 3.70. The standard InChI is InChI=1S/C9H11FN2O4.C2H6.CH3F/c10-6-3-5(4-13)16-8(6)12-2-1-7(14)11-9(12)15;2*1-2/h1-2,5-6,8,13H,3-4H2,(H,11,14,15);1-2H3;1H3. The van der Waals surface area contributed by atoms with Crippen LogP contribution in [-0.4, -0.2) is 40.7 Å². The molecule has 1 aromatic heterocycles. The summed E-state index contributed by atoms with van der Waals surface area (Å²) >= 11 is 0. The van der Waals surface area contributed by atoms with Gasteiger partial charge in [-0.25, -0.2) is 9.18 Å². The number of alkyl halides is 2. The van der Waals surface area contributed by atoms with Gasteiger partial charge in [0.15, 0.2) is 6.23 Å². The van der Waals surface area contributed by atoms with Crippen LogP contribution in [0, 0.1) is 0 Å². The second kappa shape index (κ2) is 9.38. The molecule has 2 heterocycles. The Hall–Kier alpha value is -1.54. The summed E-state index contributed by atoms with van der Waals surface area (Å²) in [5.74, 6) is 0. The number of H-pyrrole nitrogens is 1. The van der Waals surface area contributed by atoms with Gasteiger partial charge in [0.2, 0.25) is 0 Å². The van der Waals surface area contributed by atoms with E-state index >= 15 is 0 Å². The van der Waals surface area contributed by atoms with Gasteiger partial charge in [0.25, 0.3) is 5.56 Å². The van der Waals surface area contributed by atoms with Gasteiger partial charge in [0.05, 0.1) is 19.9 Å². The van der Waals surface area contributed by atoms with Crippen molar-refractivity contribution < 1.29 is 18.6 Å². The first-order valence-electron chi connectivity index (χ1n) is 6.21. The summed E-state index contributed by atoms with van der Waals surface area (Å²) in [7, 11) is 0.500.